The van der Waals surface area contributed by atoms with Crippen molar-refractivity contribution in [2.75, 3.05) is 6.61 Å². The molecular weight excluding hydrogens is 416 g/mol. The minimum atomic E-state index is -1.47. The Bertz CT molecular complexity index is 1070. The zero-order valence-electron chi connectivity index (χ0n) is 17.4. The van der Waals surface area contributed by atoms with Crippen molar-refractivity contribution in [3.05, 3.63) is 95.1 Å². The first-order valence-corrected chi connectivity index (χ1v) is 9.93. The quantitative estimate of drug-likeness (QED) is 0.339. The second-order valence-corrected chi connectivity index (χ2v) is 6.88. The average Bonchev–Trinajstić information content (AvgIpc) is 2.77. The van der Waals surface area contributed by atoms with E-state index in [0.29, 0.717) is 11.3 Å². The van der Waals surface area contributed by atoms with Gasteiger partial charge >= 0.3 is 0 Å². The summed E-state index contributed by atoms with van der Waals surface area (Å²) in [5.74, 6) is -2.25. The van der Waals surface area contributed by atoms with Gasteiger partial charge in [0.25, 0.3) is 5.91 Å². The molecular formula is C24H23F2N3O3. The van der Waals surface area contributed by atoms with Crippen molar-refractivity contribution in [1.82, 2.24) is 5.32 Å². The van der Waals surface area contributed by atoms with Crippen LogP contribution in [0, 0.1) is 17.0 Å². The van der Waals surface area contributed by atoms with Crippen molar-refractivity contribution in [2.45, 2.75) is 19.6 Å². The summed E-state index contributed by atoms with van der Waals surface area (Å²) in [7, 11) is 0. The van der Waals surface area contributed by atoms with Crippen LogP contribution in [0.2, 0.25) is 0 Å². The second kappa shape index (κ2) is 10.5. The summed E-state index contributed by atoms with van der Waals surface area (Å²) < 4.78 is 40.5. The maximum Gasteiger partial charge on any atom is 0.254 e. The Kier molecular flexibility index (Phi) is 7.51. The summed E-state index contributed by atoms with van der Waals surface area (Å²) in [5.41, 5.74) is 6.21. The minimum Gasteiger partial charge on any atom is -0.457 e. The van der Waals surface area contributed by atoms with Crippen LogP contribution in [0.5, 0.6) is 11.5 Å². The Balaban J connectivity index is 1.76. The van der Waals surface area contributed by atoms with Crippen LogP contribution in [0.4, 0.5) is 8.78 Å². The van der Waals surface area contributed by atoms with Crippen molar-refractivity contribution in [3.63, 3.8) is 0 Å². The van der Waals surface area contributed by atoms with E-state index in [1.54, 1.807) is 61.5 Å². The smallest absolute Gasteiger partial charge is 0.254 e. The summed E-state index contributed by atoms with van der Waals surface area (Å²) in [6.07, 6.45) is -1.47. The summed E-state index contributed by atoms with van der Waals surface area (Å²) in [5, 5.41) is 10.0. The van der Waals surface area contributed by atoms with Gasteiger partial charge in [-0.25, -0.2) is 8.78 Å². The van der Waals surface area contributed by atoms with E-state index in [-0.39, 0.29) is 24.7 Å². The monoisotopic (exact) mass is 439 g/mol. The molecule has 3 aromatic rings. The fourth-order valence-electron chi connectivity index (χ4n) is 3.04. The van der Waals surface area contributed by atoms with E-state index in [0.717, 1.165) is 17.7 Å². The van der Waals surface area contributed by atoms with Gasteiger partial charge in [-0.3, -0.25) is 10.2 Å². The molecule has 0 radical (unpaired) electrons. The molecule has 0 aliphatic carbocycles. The molecule has 0 bridgehead atoms. The van der Waals surface area contributed by atoms with Crippen LogP contribution in [0.1, 0.15) is 29.7 Å². The van der Waals surface area contributed by atoms with Crippen molar-refractivity contribution >= 4 is 11.7 Å². The predicted octanol–water partition coefficient (Wildman–Crippen LogP) is 4.44. The van der Waals surface area contributed by atoms with Gasteiger partial charge in [-0.15, -0.1) is 0 Å². The lowest BCUT2D eigenvalue weighted by atomic mass is 10.1. The number of hydrogen-bond donors (Lipinski definition) is 3. The number of halogens is 2. The first-order chi connectivity index (χ1) is 15.4. The Morgan fingerprint density at radius 3 is 2.22 bits per heavy atom. The maximum atomic E-state index is 14.8. The molecule has 0 saturated carbocycles. The molecule has 0 aromatic heterocycles. The lowest BCUT2D eigenvalue weighted by Crippen LogP contribution is -2.31. The van der Waals surface area contributed by atoms with Gasteiger partial charge in [0, 0.05) is 30.8 Å². The number of carbonyl (C=O) groups is 1. The number of amidine groups is 1. The van der Waals surface area contributed by atoms with Crippen molar-refractivity contribution in [1.29, 1.82) is 5.41 Å². The number of nitrogens with two attached hydrogens (primary N) is 1. The normalized spacial score (nSPS) is 11.6. The summed E-state index contributed by atoms with van der Waals surface area (Å²) >= 11 is 0. The number of nitrogen functional groups attached to an aromatic ring is 1. The second-order valence-electron chi connectivity index (χ2n) is 6.88. The number of carbonyl (C=O) groups excluding carboxylic acids is 1. The van der Waals surface area contributed by atoms with E-state index in [4.69, 9.17) is 20.6 Å². The molecule has 6 nitrogen and oxygen atoms in total. The van der Waals surface area contributed by atoms with Gasteiger partial charge in [-0.05, 0) is 24.6 Å². The van der Waals surface area contributed by atoms with E-state index in [2.05, 4.69) is 5.32 Å². The fraction of sp³-hybridized carbons (Fsp3) is 0.167. The Morgan fingerprint density at radius 2 is 1.66 bits per heavy atom. The number of rotatable bonds is 9. The number of ether oxygens (including phenoxy) is 2. The number of para-hydroxylation sites is 1. The molecule has 0 saturated heterocycles. The average molecular weight is 439 g/mol. The molecule has 0 spiro atoms. The molecule has 32 heavy (non-hydrogen) atoms. The van der Waals surface area contributed by atoms with Gasteiger partial charge < -0.3 is 20.5 Å². The Labute approximate surface area is 184 Å². The van der Waals surface area contributed by atoms with Crippen LogP contribution < -0.4 is 15.8 Å². The van der Waals surface area contributed by atoms with E-state index in [1.165, 1.54) is 0 Å². The first kappa shape index (κ1) is 22.9. The summed E-state index contributed by atoms with van der Waals surface area (Å²) in [6.45, 7) is 1.81. The highest BCUT2D eigenvalue weighted by molar-refractivity contribution is 5.94. The highest BCUT2D eigenvalue weighted by atomic mass is 19.1. The molecule has 0 fully saturated rings. The lowest BCUT2D eigenvalue weighted by Gasteiger charge is -2.19. The van der Waals surface area contributed by atoms with E-state index >= 15 is 0 Å². The Morgan fingerprint density at radius 1 is 1.03 bits per heavy atom. The standard InChI is InChI=1S/C24H23F2N3O3/c1-2-31-22(24(30)29-14-15-8-10-16(11-9-15)23(27)28)21-19(25)12-18(13-20(21)26)32-17-6-4-3-5-7-17/h3-13,22H,2,14H2,1H3,(H3,27,28)(H,29,30)/t22-/m0/s1. The molecule has 166 valence electrons. The number of benzene rings is 3. The molecule has 0 aliphatic heterocycles. The molecule has 0 aliphatic rings. The largest absolute Gasteiger partial charge is 0.457 e. The van der Waals surface area contributed by atoms with E-state index in [1.807, 2.05) is 0 Å². The minimum absolute atomic E-state index is 0.0313. The van der Waals surface area contributed by atoms with Gasteiger partial charge in [0.2, 0.25) is 0 Å². The third-order valence-corrected chi connectivity index (χ3v) is 4.60. The highest BCUT2D eigenvalue weighted by Crippen LogP contribution is 2.30. The molecule has 8 heteroatoms. The van der Waals surface area contributed by atoms with Crippen molar-refractivity contribution in [2.24, 2.45) is 5.73 Å². The number of amides is 1. The zero-order chi connectivity index (χ0) is 23.1. The zero-order valence-corrected chi connectivity index (χ0v) is 17.4. The van der Waals surface area contributed by atoms with Crippen LogP contribution >= 0.6 is 0 Å². The first-order valence-electron chi connectivity index (χ1n) is 9.93. The van der Waals surface area contributed by atoms with Crippen LogP contribution in [0.15, 0.2) is 66.7 Å². The molecule has 4 N–H and O–H groups in total. The maximum absolute atomic E-state index is 14.8. The topological polar surface area (TPSA) is 97.4 Å². The molecule has 0 heterocycles. The Hall–Kier alpha value is -3.78. The third-order valence-electron chi connectivity index (χ3n) is 4.60. The SMILES string of the molecule is CCO[C@H](C(=O)NCc1ccc(C(=N)N)cc1)c1c(F)cc(Oc2ccccc2)cc1F. The van der Waals surface area contributed by atoms with Crippen LogP contribution in [0.25, 0.3) is 0 Å². The van der Waals surface area contributed by atoms with Gasteiger partial charge in [-0.1, -0.05) is 42.5 Å². The van der Waals surface area contributed by atoms with Crippen LogP contribution in [-0.4, -0.2) is 18.3 Å². The molecule has 3 rings (SSSR count). The van der Waals surface area contributed by atoms with Crippen molar-refractivity contribution < 1.29 is 23.0 Å². The van der Waals surface area contributed by atoms with Crippen molar-refractivity contribution in [3.8, 4) is 11.5 Å². The number of hydrogen-bond acceptors (Lipinski definition) is 4. The van der Waals surface area contributed by atoms with E-state index in [9.17, 15) is 13.6 Å². The van der Waals surface area contributed by atoms with Gasteiger partial charge in [0.05, 0.1) is 5.56 Å². The highest BCUT2D eigenvalue weighted by Gasteiger charge is 2.28. The molecule has 1 atom stereocenters. The van der Waals surface area contributed by atoms with Crippen LogP contribution in [-0.2, 0) is 16.1 Å². The molecule has 3 aromatic carbocycles. The third kappa shape index (κ3) is 5.67. The van der Waals surface area contributed by atoms with Crippen LogP contribution in [0.3, 0.4) is 0 Å². The van der Waals surface area contributed by atoms with Gasteiger partial charge in [0.1, 0.15) is 29.0 Å². The van der Waals surface area contributed by atoms with Gasteiger partial charge in [-0.2, -0.15) is 0 Å². The van der Waals surface area contributed by atoms with Gasteiger partial charge in [0.15, 0.2) is 6.10 Å². The predicted molar refractivity (Wildman–Crippen MR) is 117 cm³/mol. The number of nitrogens with one attached hydrogen (secondary N) is 2. The fourth-order valence-corrected chi connectivity index (χ4v) is 3.04. The molecule has 0 unspecified atom stereocenters. The lowest BCUT2D eigenvalue weighted by molar-refractivity contribution is -0.133. The molecule has 1 amide bonds. The van der Waals surface area contributed by atoms with E-state index < -0.39 is 29.2 Å². The summed E-state index contributed by atoms with van der Waals surface area (Å²) in [6, 6.07) is 17.3. The summed E-state index contributed by atoms with van der Waals surface area (Å²) in [4.78, 5) is 12.7.